The Labute approximate surface area is 209 Å². The van der Waals surface area contributed by atoms with Crippen LogP contribution in [0.5, 0.6) is 0 Å². The molecule has 3 heteroatoms. The molecule has 0 bridgehead atoms. The number of fused-ring (bicyclic) bond motifs is 5. The molecule has 0 aliphatic heterocycles. The fourth-order valence-electron chi connectivity index (χ4n) is 10.2. The second-order valence-electron chi connectivity index (χ2n) is 14.4. The van der Waals surface area contributed by atoms with E-state index in [0.717, 1.165) is 48.3 Å². The van der Waals surface area contributed by atoms with Crippen LogP contribution >= 0.6 is 0 Å². The van der Waals surface area contributed by atoms with Gasteiger partial charge >= 0.3 is 0 Å². The summed E-state index contributed by atoms with van der Waals surface area (Å²) in [5.41, 5.74) is 0.468. The van der Waals surface area contributed by atoms with Gasteiger partial charge in [-0.1, -0.05) is 53.9 Å². The minimum atomic E-state index is -0.551. The fraction of sp³-hybridized carbons (Fsp3) is 0.903. The number of imidazole rings is 1. The number of nitrogens with zero attached hydrogens (tertiary/aromatic N) is 2. The second-order valence-corrected chi connectivity index (χ2v) is 14.4. The third kappa shape index (κ3) is 4.31. The van der Waals surface area contributed by atoms with Crippen LogP contribution < -0.4 is 0 Å². The number of aromatic nitrogens is 2. The quantitative estimate of drug-likeness (QED) is 0.444. The summed E-state index contributed by atoms with van der Waals surface area (Å²) in [7, 11) is 0. The minimum Gasteiger partial charge on any atom is -0.388 e. The zero-order valence-corrected chi connectivity index (χ0v) is 22.8. The van der Waals surface area contributed by atoms with Gasteiger partial charge in [0, 0.05) is 12.4 Å². The average Bonchev–Trinajstić information content (AvgIpc) is 3.41. The van der Waals surface area contributed by atoms with Gasteiger partial charge in [0.15, 0.2) is 0 Å². The van der Waals surface area contributed by atoms with Gasteiger partial charge < -0.3 is 9.67 Å². The first-order chi connectivity index (χ1) is 16.1. The van der Waals surface area contributed by atoms with Crippen molar-refractivity contribution in [2.75, 3.05) is 0 Å². The van der Waals surface area contributed by atoms with E-state index in [0.29, 0.717) is 23.3 Å². The maximum Gasteiger partial charge on any atom is 0.0946 e. The van der Waals surface area contributed by atoms with Crippen molar-refractivity contribution >= 4 is 0 Å². The third-order valence-corrected chi connectivity index (χ3v) is 12.1. The number of rotatable bonds is 7. The molecule has 1 aromatic rings. The lowest BCUT2D eigenvalue weighted by atomic mass is 9.43. The lowest BCUT2D eigenvalue weighted by molar-refractivity contribution is -0.155. The molecule has 1 aromatic heterocycles. The maximum absolute atomic E-state index is 11.5. The Hall–Kier alpha value is -0.830. The highest BCUT2D eigenvalue weighted by Gasteiger charge is 2.61. The molecular weight excluding hydrogens is 416 g/mol. The average molecular weight is 469 g/mol. The molecule has 4 saturated carbocycles. The molecule has 0 radical (unpaired) electrons. The van der Waals surface area contributed by atoms with Gasteiger partial charge in [0.25, 0.3) is 0 Å². The molecule has 192 valence electrons. The molecule has 0 amide bonds. The van der Waals surface area contributed by atoms with Crippen LogP contribution in [0.2, 0.25) is 0 Å². The number of aliphatic hydroxyl groups is 1. The number of hydrogen-bond donors (Lipinski definition) is 1. The van der Waals surface area contributed by atoms with Crippen LogP contribution in [0.4, 0.5) is 0 Å². The molecule has 0 saturated heterocycles. The largest absolute Gasteiger partial charge is 0.388 e. The van der Waals surface area contributed by atoms with E-state index in [9.17, 15) is 5.11 Å². The van der Waals surface area contributed by atoms with E-state index >= 15 is 0 Å². The predicted octanol–water partition coefficient (Wildman–Crippen LogP) is 7.74. The van der Waals surface area contributed by atoms with Crippen molar-refractivity contribution < 1.29 is 5.11 Å². The summed E-state index contributed by atoms with van der Waals surface area (Å²) >= 11 is 0. The lowest BCUT2D eigenvalue weighted by Crippen LogP contribution is -2.56. The van der Waals surface area contributed by atoms with E-state index in [2.05, 4.69) is 44.2 Å². The highest BCUT2D eigenvalue weighted by atomic mass is 16.3. The molecule has 9 atom stereocenters. The van der Waals surface area contributed by atoms with Crippen molar-refractivity contribution in [1.29, 1.82) is 0 Å². The molecule has 1 N–H and O–H groups in total. The minimum absolute atomic E-state index is 0.437. The molecule has 3 unspecified atom stereocenters. The van der Waals surface area contributed by atoms with Crippen LogP contribution in [-0.4, -0.2) is 20.3 Å². The SMILES string of the molecule is CC(C)CCC[C@@H](C)[C@H]1CCC2C3CC[C@H]4C[C@@](O)(Cn5ccnc5)CC[C@]4(C)C3CC[C@@]21C. The Morgan fingerprint density at radius 3 is 2.47 bits per heavy atom. The van der Waals surface area contributed by atoms with E-state index in [1.54, 1.807) is 0 Å². The van der Waals surface area contributed by atoms with Gasteiger partial charge in [-0.05, 0) is 110 Å². The van der Waals surface area contributed by atoms with Gasteiger partial charge in [0.2, 0.25) is 0 Å². The summed E-state index contributed by atoms with van der Waals surface area (Å²) in [6.45, 7) is 13.4. The van der Waals surface area contributed by atoms with Crippen molar-refractivity contribution in [2.45, 2.75) is 124 Å². The molecule has 4 aliphatic carbocycles. The van der Waals surface area contributed by atoms with Crippen LogP contribution in [0, 0.1) is 52.3 Å². The van der Waals surface area contributed by atoms with Crippen LogP contribution in [0.3, 0.4) is 0 Å². The lowest BCUT2D eigenvalue weighted by Gasteiger charge is -2.62. The van der Waals surface area contributed by atoms with Gasteiger partial charge in [-0.2, -0.15) is 0 Å². The Bertz CT molecular complexity index is 819. The van der Waals surface area contributed by atoms with Crippen LogP contribution in [-0.2, 0) is 6.54 Å². The summed E-state index contributed by atoms with van der Waals surface area (Å²) in [5, 5.41) is 11.5. The molecule has 34 heavy (non-hydrogen) atoms. The first kappa shape index (κ1) is 24.8. The van der Waals surface area contributed by atoms with Crippen molar-refractivity contribution in [3.8, 4) is 0 Å². The first-order valence-corrected chi connectivity index (χ1v) is 14.8. The summed E-state index contributed by atoms with van der Waals surface area (Å²) in [5.74, 6) is 6.15. The Kier molecular flexibility index (Phi) is 6.75. The number of hydrogen-bond acceptors (Lipinski definition) is 2. The molecule has 0 aromatic carbocycles. The van der Waals surface area contributed by atoms with Gasteiger partial charge in [-0.25, -0.2) is 4.98 Å². The molecule has 0 spiro atoms. The third-order valence-electron chi connectivity index (χ3n) is 12.1. The predicted molar refractivity (Wildman–Crippen MR) is 140 cm³/mol. The molecule has 4 aliphatic rings. The maximum atomic E-state index is 11.5. The van der Waals surface area contributed by atoms with Crippen molar-refractivity contribution in [2.24, 2.45) is 52.3 Å². The fourth-order valence-corrected chi connectivity index (χ4v) is 10.2. The van der Waals surface area contributed by atoms with Crippen LogP contribution in [0.1, 0.15) is 112 Å². The van der Waals surface area contributed by atoms with Crippen molar-refractivity contribution in [1.82, 2.24) is 9.55 Å². The topological polar surface area (TPSA) is 38.0 Å². The van der Waals surface area contributed by atoms with E-state index in [1.807, 2.05) is 18.7 Å². The highest BCUT2D eigenvalue weighted by Crippen LogP contribution is 2.69. The van der Waals surface area contributed by atoms with Gasteiger partial charge in [0.1, 0.15) is 0 Å². The molecule has 4 fully saturated rings. The summed E-state index contributed by atoms with van der Waals surface area (Å²) < 4.78 is 2.08. The Balaban J connectivity index is 1.26. The Morgan fingerprint density at radius 1 is 0.941 bits per heavy atom. The van der Waals surface area contributed by atoms with E-state index in [4.69, 9.17) is 0 Å². The summed E-state index contributed by atoms with van der Waals surface area (Å²) in [4.78, 5) is 4.20. The van der Waals surface area contributed by atoms with Crippen LogP contribution in [0.15, 0.2) is 18.7 Å². The van der Waals surface area contributed by atoms with Gasteiger partial charge in [-0.3, -0.25) is 0 Å². The van der Waals surface area contributed by atoms with Crippen LogP contribution in [0.25, 0.3) is 0 Å². The van der Waals surface area contributed by atoms with E-state index < -0.39 is 5.60 Å². The first-order valence-electron chi connectivity index (χ1n) is 14.8. The smallest absolute Gasteiger partial charge is 0.0946 e. The monoisotopic (exact) mass is 468 g/mol. The van der Waals surface area contributed by atoms with Gasteiger partial charge in [0.05, 0.1) is 18.5 Å². The molecule has 5 rings (SSSR count). The summed E-state index contributed by atoms with van der Waals surface area (Å²) in [6, 6.07) is 0. The Morgan fingerprint density at radius 2 is 1.74 bits per heavy atom. The van der Waals surface area contributed by atoms with Gasteiger partial charge in [-0.15, -0.1) is 0 Å². The van der Waals surface area contributed by atoms with Crippen molar-refractivity contribution in [3.05, 3.63) is 18.7 Å². The van der Waals surface area contributed by atoms with Crippen molar-refractivity contribution in [3.63, 3.8) is 0 Å². The second kappa shape index (κ2) is 9.24. The summed E-state index contributed by atoms with van der Waals surface area (Å²) in [6.07, 6.45) is 21.7. The van der Waals surface area contributed by atoms with E-state index in [1.165, 1.54) is 64.2 Å². The van der Waals surface area contributed by atoms with E-state index in [-0.39, 0.29) is 0 Å². The molecule has 1 heterocycles. The standard InChI is InChI=1S/C31H52N2O/c1-22(2)7-6-8-23(3)26-11-12-27-25-10-9-24-19-31(34,20-33-18-17-32-21-33)16-15-29(24,4)28(25)13-14-30(26,27)5/h17-18,21-28,34H,6-16,19-20H2,1-5H3/t23-,24+,25?,26-,27?,28?,29+,30-,31-/m1/s1. The zero-order valence-electron chi connectivity index (χ0n) is 22.8. The molecular formula is C31H52N2O. The zero-order chi connectivity index (χ0) is 24.1. The normalized spacial score (nSPS) is 45.0. The molecule has 3 nitrogen and oxygen atoms in total. The highest BCUT2D eigenvalue weighted by molar-refractivity contribution is 5.11.